The van der Waals surface area contributed by atoms with Crippen molar-refractivity contribution >= 4 is 28.3 Å². The second-order valence-corrected chi connectivity index (χ2v) is 5.11. The van der Waals surface area contributed by atoms with Gasteiger partial charge < -0.3 is 16.4 Å². The van der Waals surface area contributed by atoms with E-state index in [-0.39, 0.29) is 24.1 Å². The van der Waals surface area contributed by atoms with Crippen LogP contribution in [0.2, 0.25) is 0 Å². The van der Waals surface area contributed by atoms with Crippen LogP contribution in [0.25, 0.3) is 0 Å². The first-order valence-corrected chi connectivity index (χ1v) is 5.96. The monoisotopic (exact) mass is 256 g/mol. The smallest absolute Gasteiger partial charge is 0.270 e. The van der Waals surface area contributed by atoms with E-state index in [1.807, 2.05) is 0 Å². The molecule has 7 heteroatoms. The lowest BCUT2D eigenvalue weighted by Crippen LogP contribution is -2.43. The predicted octanol–water partition coefficient (Wildman–Crippen LogP) is 0.227. The highest BCUT2D eigenvalue weighted by Crippen LogP contribution is 2.14. The molecule has 0 aliphatic rings. The third kappa shape index (κ3) is 3.42. The second kappa shape index (κ2) is 5.13. The van der Waals surface area contributed by atoms with Crippen LogP contribution in [0.4, 0.5) is 5.13 Å². The third-order valence-corrected chi connectivity index (χ3v) is 2.96. The molecule has 0 aliphatic carbocycles. The Morgan fingerprint density at radius 1 is 1.53 bits per heavy atom. The van der Waals surface area contributed by atoms with Crippen LogP contribution >= 0.6 is 11.3 Å². The first-order valence-electron chi connectivity index (χ1n) is 5.08. The van der Waals surface area contributed by atoms with E-state index < -0.39 is 5.41 Å². The summed E-state index contributed by atoms with van der Waals surface area (Å²) in [5.41, 5.74) is 5.05. The zero-order valence-electron chi connectivity index (χ0n) is 10.0. The Balaban J connectivity index is 2.57. The molecule has 6 nitrogen and oxygen atoms in total. The van der Waals surface area contributed by atoms with Gasteiger partial charge >= 0.3 is 0 Å². The van der Waals surface area contributed by atoms with Crippen LogP contribution < -0.4 is 16.4 Å². The van der Waals surface area contributed by atoms with Gasteiger partial charge in [0.15, 0.2) is 5.13 Å². The Hall–Kier alpha value is -1.63. The van der Waals surface area contributed by atoms with E-state index in [4.69, 9.17) is 5.73 Å². The van der Waals surface area contributed by atoms with Crippen molar-refractivity contribution in [2.45, 2.75) is 13.8 Å². The van der Waals surface area contributed by atoms with E-state index in [0.29, 0.717) is 5.13 Å². The van der Waals surface area contributed by atoms with Gasteiger partial charge in [-0.2, -0.15) is 0 Å². The lowest BCUT2D eigenvalue weighted by atomic mass is 9.92. The van der Waals surface area contributed by atoms with E-state index in [1.165, 1.54) is 11.3 Å². The number of carbonyl (C=O) groups is 2. The fourth-order valence-corrected chi connectivity index (χ4v) is 1.75. The Morgan fingerprint density at radius 3 is 2.65 bits per heavy atom. The van der Waals surface area contributed by atoms with Crippen molar-refractivity contribution in [2.75, 3.05) is 19.3 Å². The highest BCUT2D eigenvalue weighted by Gasteiger charge is 2.27. The predicted molar refractivity (Wildman–Crippen MR) is 66.7 cm³/mol. The summed E-state index contributed by atoms with van der Waals surface area (Å²) in [5, 5.41) is 7.13. The van der Waals surface area contributed by atoms with Crippen LogP contribution in [0.15, 0.2) is 5.38 Å². The maximum atomic E-state index is 11.7. The summed E-state index contributed by atoms with van der Waals surface area (Å²) < 4.78 is 0. The van der Waals surface area contributed by atoms with Gasteiger partial charge in [0, 0.05) is 19.0 Å². The standard InChI is InChI=1S/C10H16N4O2S/c1-10(2,8(16)12-3)5-13-7(15)6-4-17-9(11)14-6/h4H,5H2,1-3H3,(H2,11,14)(H,12,16)(H,13,15). The second-order valence-electron chi connectivity index (χ2n) is 4.22. The van der Waals surface area contributed by atoms with Crippen molar-refractivity contribution in [3.8, 4) is 0 Å². The van der Waals surface area contributed by atoms with E-state index in [1.54, 1.807) is 26.3 Å². The molecule has 0 fully saturated rings. The summed E-state index contributed by atoms with van der Waals surface area (Å²) in [5.74, 6) is -0.453. The molecular formula is C10H16N4O2S. The zero-order valence-corrected chi connectivity index (χ0v) is 10.9. The summed E-state index contributed by atoms with van der Waals surface area (Å²) >= 11 is 1.20. The average molecular weight is 256 g/mol. The molecule has 0 saturated carbocycles. The number of rotatable bonds is 4. The first kappa shape index (κ1) is 13.4. The largest absolute Gasteiger partial charge is 0.375 e. The molecule has 0 aromatic carbocycles. The number of nitrogens with one attached hydrogen (secondary N) is 2. The molecule has 2 amide bonds. The van der Waals surface area contributed by atoms with Crippen LogP contribution in [0.1, 0.15) is 24.3 Å². The molecule has 0 spiro atoms. The lowest BCUT2D eigenvalue weighted by Gasteiger charge is -2.22. The maximum Gasteiger partial charge on any atom is 0.270 e. The maximum absolute atomic E-state index is 11.7. The molecule has 0 aliphatic heterocycles. The molecule has 0 bridgehead atoms. The number of nitrogen functional groups attached to an aromatic ring is 1. The zero-order chi connectivity index (χ0) is 13.1. The summed E-state index contributed by atoms with van der Waals surface area (Å²) in [6.07, 6.45) is 0. The minimum atomic E-state index is -0.661. The number of aromatic nitrogens is 1. The molecule has 17 heavy (non-hydrogen) atoms. The summed E-state index contributed by atoms with van der Waals surface area (Å²) in [6, 6.07) is 0. The van der Waals surface area contributed by atoms with Gasteiger partial charge in [0.25, 0.3) is 5.91 Å². The number of carbonyl (C=O) groups excluding carboxylic acids is 2. The van der Waals surface area contributed by atoms with E-state index in [9.17, 15) is 9.59 Å². The molecule has 1 rings (SSSR count). The molecule has 0 radical (unpaired) electrons. The lowest BCUT2D eigenvalue weighted by molar-refractivity contribution is -0.128. The SMILES string of the molecule is CNC(=O)C(C)(C)CNC(=O)c1csc(N)n1. The van der Waals surface area contributed by atoms with Crippen LogP contribution in [-0.4, -0.2) is 30.4 Å². The van der Waals surface area contributed by atoms with Gasteiger partial charge in [-0.1, -0.05) is 0 Å². The molecule has 1 aromatic heterocycles. The summed E-state index contributed by atoms with van der Waals surface area (Å²) in [7, 11) is 1.56. The van der Waals surface area contributed by atoms with Crippen LogP contribution in [0.3, 0.4) is 0 Å². The normalized spacial score (nSPS) is 11.0. The van der Waals surface area contributed by atoms with Crippen molar-refractivity contribution in [3.63, 3.8) is 0 Å². The number of hydrogen-bond acceptors (Lipinski definition) is 5. The molecule has 94 valence electrons. The van der Waals surface area contributed by atoms with Gasteiger partial charge in [0.05, 0.1) is 5.41 Å². The molecule has 4 N–H and O–H groups in total. The first-order chi connectivity index (χ1) is 7.86. The quantitative estimate of drug-likeness (QED) is 0.718. The highest BCUT2D eigenvalue weighted by molar-refractivity contribution is 7.13. The molecule has 0 atom stereocenters. The topological polar surface area (TPSA) is 97.1 Å². The van der Waals surface area contributed by atoms with Crippen LogP contribution in [0, 0.1) is 5.41 Å². The number of nitrogens with zero attached hydrogens (tertiary/aromatic N) is 1. The van der Waals surface area contributed by atoms with Gasteiger partial charge in [-0.05, 0) is 13.8 Å². The third-order valence-electron chi connectivity index (χ3n) is 2.29. The fourth-order valence-electron chi connectivity index (χ4n) is 1.20. The molecular weight excluding hydrogens is 240 g/mol. The Bertz CT molecular complexity index is 428. The van der Waals surface area contributed by atoms with Crippen LogP contribution in [-0.2, 0) is 4.79 Å². The van der Waals surface area contributed by atoms with E-state index >= 15 is 0 Å². The van der Waals surface area contributed by atoms with E-state index in [2.05, 4.69) is 15.6 Å². The average Bonchev–Trinajstić information content (AvgIpc) is 2.71. The minimum Gasteiger partial charge on any atom is -0.375 e. The highest BCUT2D eigenvalue weighted by atomic mass is 32.1. The van der Waals surface area contributed by atoms with Gasteiger partial charge in [-0.3, -0.25) is 9.59 Å². The number of nitrogens with two attached hydrogens (primary N) is 1. The summed E-state index contributed by atoms with van der Waals surface area (Å²) in [6.45, 7) is 3.74. The van der Waals surface area contributed by atoms with Gasteiger partial charge in [0.1, 0.15) is 5.69 Å². The number of amides is 2. The van der Waals surface area contributed by atoms with E-state index in [0.717, 1.165) is 0 Å². The molecule has 0 saturated heterocycles. The van der Waals surface area contributed by atoms with Gasteiger partial charge in [-0.15, -0.1) is 11.3 Å². The van der Waals surface area contributed by atoms with Crippen molar-refractivity contribution in [1.82, 2.24) is 15.6 Å². The molecule has 1 heterocycles. The van der Waals surface area contributed by atoms with Gasteiger partial charge in [-0.25, -0.2) is 4.98 Å². The molecule has 1 aromatic rings. The van der Waals surface area contributed by atoms with Crippen molar-refractivity contribution < 1.29 is 9.59 Å². The fraction of sp³-hybridized carbons (Fsp3) is 0.500. The number of anilines is 1. The van der Waals surface area contributed by atoms with Crippen LogP contribution in [0.5, 0.6) is 0 Å². The van der Waals surface area contributed by atoms with Crippen molar-refractivity contribution in [2.24, 2.45) is 5.41 Å². The Morgan fingerprint density at radius 2 is 2.18 bits per heavy atom. The van der Waals surface area contributed by atoms with Crippen molar-refractivity contribution in [1.29, 1.82) is 0 Å². The van der Waals surface area contributed by atoms with Gasteiger partial charge in [0.2, 0.25) is 5.91 Å². The number of hydrogen-bond donors (Lipinski definition) is 3. The minimum absolute atomic E-state index is 0.129. The summed E-state index contributed by atoms with van der Waals surface area (Å²) in [4.78, 5) is 27.0. The number of thiazole rings is 1. The molecule has 0 unspecified atom stereocenters. The Labute approximate surface area is 104 Å². The van der Waals surface area contributed by atoms with Crippen molar-refractivity contribution in [3.05, 3.63) is 11.1 Å². The Kier molecular flexibility index (Phi) is 4.06.